The highest BCUT2D eigenvalue weighted by molar-refractivity contribution is 5.85. The molecule has 4 rings (SSSR count). The van der Waals surface area contributed by atoms with Gasteiger partial charge >= 0.3 is 29.8 Å². The maximum Gasteiger partial charge on any atom is 0.331 e. The molecule has 1 spiro atoms. The van der Waals surface area contributed by atoms with Crippen LogP contribution in [0, 0.1) is 22.7 Å². The van der Waals surface area contributed by atoms with Crippen molar-refractivity contribution in [1.82, 2.24) is 0 Å². The Morgan fingerprint density at radius 2 is 1.72 bits per heavy atom. The van der Waals surface area contributed by atoms with Crippen LogP contribution in [0.3, 0.4) is 0 Å². The van der Waals surface area contributed by atoms with Gasteiger partial charge in [0.05, 0.1) is 12.0 Å². The van der Waals surface area contributed by atoms with E-state index < -0.39 is 70.5 Å². The van der Waals surface area contributed by atoms with Crippen LogP contribution >= 0.6 is 0 Å². The summed E-state index contributed by atoms with van der Waals surface area (Å²) in [5.74, 6) is -3.13. The standard InChI is InChI=1S/C28H38O11/c1-15-9-23(39-19(5)32)28(14-35-16(2)29)25(21(37-17(3)30)7-8-27(28)13-36-27)26(15,6)11-22(38-18(4)31)20-10-24(33)34-12-20/h10,15,21-23,25H,7-9,11-14H2,1-6H3/t15-,21-,22+,23+,25-,26+,27+,28-/m1/s1. The number of hydrogen-bond donors (Lipinski definition) is 0. The minimum atomic E-state index is -1.04. The van der Waals surface area contributed by atoms with Crippen molar-refractivity contribution in [1.29, 1.82) is 0 Å². The van der Waals surface area contributed by atoms with Crippen LogP contribution in [0.5, 0.6) is 0 Å². The van der Waals surface area contributed by atoms with Gasteiger partial charge in [0, 0.05) is 45.3 Å². The first-order valence-electron chi connectivity index (χ1n) is 13.4. The van der Waals surface area contributed by atoms with Gasteiger partial charge in [0.25, 0.3) is 0 Å². The largest absolute Gasteiger partial charge is 0.465 e. The second kappa shape index (κ2) is 10.6. The Kier molecular flexibility index (Phi) is 7.86. The summed E-state index contributed by atoms with van der Waals surface area (Å²) in [7, 11) is 0. The van der Waals surface area contributed by atoms with Crippen molar-refractivity contribution in [3.05, 3.63) is 11.6 Å². The van der Waals surface area contributed by atoms with Crippen molar-refractivity contribution in [2.75, 3.05) is 19.8 Å². The number of epoxide rings is 1. The second-order valence-electron chi connectivity index (χ2n) is 11.6. The summed E-state index contributed by atoms with van der Waals surface area (Å²) < 4.78 is 34.6. The van der Waals surface area contributed by atoms with Gasteiger partial charge in [-0.15, -0.1) is 0 Å². The van der Waals surface area contributed by atoms with Crippen molar-refractivity contribution < 1.29 is 52.4 Å². The van der Waals surface area contributed by atoms with Crippen molar-refractivity contribution in [2.45, 2.75) is 91.1 Å². The van der Waals surface area contributed by atoms with Gasteiger partial charge in [0.1, 0.15) is 37.1 Å². The van der Waals surface area contributed by atoms with Gasteiger partial charge in [0.15, 0.2) is 0 Å². The van der Waals surface area contributed by atoms with Crippen LogP contribution in [-0.2, 0) is 52.4 Å². The maximum atomic E-state index is 12.4. The highest BCUT2D eigenvalue weighted by atomic mass is 16.6. The third kappa shape index (κ3) is 5.29. The van der Waals surface area contributed by atoms with Gasteiger partial charge in [-0.3, -0.25) is 19.2 Å². The van der Waals surface area contributed by atoms with Crippen LogP contribution in [0.25, 0.3) is 0 Å². The average Bonchev–Trinajstić information content (AvgIpc) is 3.47. The molecule has 8 atom stereocenters. The number of ether oxygens (including phenoxy) is 6. The van der Waals surface area contributed by atoms with Crippen LogP contribution in [0.2, 0.25) is 0 Å². The fraction of sp³-hybridized carbons (Fsp3) is 0.750. The quantitative estimate of drug-likeness (QED) is 0.250. The number of cyclic esters (lactones) is 1. The van der Waals surface area contributed by atoms with Crippen LogP contribution in [0.1, 0.15) is 67.2 Å². The zero-order valence-corrected chi connectivity index (χ0v) is 23.4. The maximum absolute atomic E-state index is 12.4. The van der Waals surface area contributed by atoms with Gasteiger partial charge in [0.2, 0.25) is 0 Å². The molecule has 11 heteroatoms. The number of hydrogen-bond acceptors (Lipinski definition) is 11. The first kappa shape index (κ1) is 29.0. The number of rotatable bonds is 8. The lowest BCUT2D eigenvalue weighted by molar-refractivity contribution is -0.259. The summed E-state index contributed by atoms with van der Waals surface area (Å²) in [6, 6.07) is 0. The second-order valence-corrected chi connectivity index (χ2v) is 11.6. The van der Waals surface area contributed by atoms with Crippen LogP contribution < -0.4 is 0 Å². The van der Waals surface area contributed by atoms with Crippen LogP contribution in [0.15, 0.2) is 11.6 Å². The third-order valence-corrected chi connectivity index (χ3v) is 9.25. The Morgan fingerprint density at radius 1 is 1.05 bits per heavy atom. The van der Waals surface area contributed by atoms with E-state index in [1.54, 1.807) is 0 Å². The molecule has 4 aliphatic rings. The molecule has 3 fully saturated rings. The molecule has 0 aromatic heterocycles. The molecule has 2 aliphatic heterocycles. The number of carbonyl (C=O) groups excluding carboxylic acids is 5. The predicted molar refractivity (Wildman–Crippen MR) is 133 cm³/mol. The lowest BCUT2D eigenvalue weighted by Gasteiger charge is -2.64. The van der Waals surface area contributed by atoms with E-state index in [0.29, 0.717) is 31.4 Å². The van der Waals surface area contributed by atoms with E-state index in [1.807, 2.05) is 13.8 Å². The minimum absolute atomic E-state index is 0.000986. The van der Waals surface area contributed by atoms with Crippen molar-refractivity contribution >= 4 is 29.8 Å². The fourth-order valence-corrected chi connectivity index (χ4v) is 7.48. The molecule has 0 amide bonds. The molecule has 0 aromatic rings. The van der Waals surface area contributed by atoms with Crippen molar-refractivity contribution in [3.63, 3.8) is 0 Å². The smallest absolute Gasteiger partial charge is 0.331 e. The highest BCUT2D eigenvalue weighted by Crippen LogP contribution is 2.69. The Morgan fingerprint density at radius 3 is 2.23 bits per heavy atom. The molecule has 1 saturated heterocycles. The number of fused-ring (bicyclic) bond motifs is 2. The Hall–Kier alpha value is -2.95. The van der Waals surface area contributed by atoms with E-state index in [4.69, 9.17) is 28.4 Å². The Balaban J connectivity index is 1.88. The van der Waals surface area contributed by atoms with Crippen molar-refractivity contribution in [2.24, 2.45) is 22.7 Å². The summed E-state index contributed by atoms with van der Waals surface area (Å²) in [4.78, 5) is 60.9. The van der Waals surface area contributed by atoms with Gasteiger partial charge in [-0.2, -0.15) is 0 Å². The van der Waals surface area contributed by atoms with E-state index >= 15 is 0 Å². The molecule has 2 heterocycles. The molecular weight excluding hydrogens is 512 g/mol. The van der Waals surface area contributed by atoms with E-state index in [2.05, 4.69) is 0 Å². The van der Waals surface area contributed by atoms with Gasteiger partial charge in [-0.25, -0.2) is 4.79 Å². The molecule has 11 nitrogen and oxygen atoms in total. The number of esters is 5. The highest BCUT2D eigenvalue weighted by Gasteiger charge is 2.77. The Bertz CT molecular complexity index is 1080. The lowest BCUT2D eigenvalue weighted by Crippen LogP contribution is -2.71. The summed E-state index contributed by atoms with van der Waals surface area (Å²) in [6.07, 6.45) is 0.937. The van der Waals surface area contributed by atoms with Gasteiger partial charge < -0.3 is 28.4 Å². The van der Waals surface area contributed by atoms with E-state index in [1.165, 1.54) is 33.8 Å². The van der Waals surface area contributed by atoms with E-state index in [0.717, 1.165) is 0 Å². The molecule has 2 aliphatic carbocycles. The topological polar surface area (TPSA) is 144 Å². The fourth-order valence-electron chi connectivity index (χ4n) is 7.48. The van der Waals surface area contributed by atoms with Crippen LogP contribution in [-0.4, -0.2) is 73.6 Å². The molecule has 39 heavy (non-hydrogen) atoms. The summed E-state index contributed by atoms with van der Waals surface area (Å²) in [6.45, 7) is 9.60. The molecule has 0 aromatic carbocycles. The third-order valence-electron chi connectivity index (χ3n) is 9.25. The van der Waals surface area contributed by atoms with E-state index in [-0.39, 0.29) is 25.6 Å². The van der Waals surface area contributed by atoms with Crippen molar-refractivity contribution in [3.8, 4) is 0 Å². The summed E-state index contributed by atoms with van der Waals surface area (Å²) >= 11 is 0. The number of carbonyl (C=O) groups is 5. The molecule has 0 radical (unpaired) electrons. The molecular formula is C28H38O11. The first-order chi connectivity index (χ1) is 18.2. The average molecular weight is 551 g/mol. The SMILES string of the molecule is CC(=O)OC[C@@]12[C@@H](OC(C)=O)C[C@@H](C)[C@](C)(C[C@H](OC(C)=O)C3=CC(=O)OC3)[C@H]1[C@H](OC(C)=O)CC[C@]21CO1. The minimum Gasteiger partial charge on any atom is -0.465 e. The monoisotopic (exact) mass is 550 g/mol. The van der Waals surface area contributed by atoms with Gasteiger partial charge in [-0.05, 0) is 37.0 Å². The molecule has 216 valence electrons. The molecule has 0 unspecified atom stereocenters. The summed E-state index contributed by atoms with van der Waals surface area (Å²) in [5, 5.41) is 0. The van der Waals surface area contributed by atoms with Crippen LogP contribution in [0.4, 0.5) is 0 Å². The Labute approximate surface area is 227 Å². The molecule has 2 saturated carbocycles. The normalized spacial score (nSPS) is 37.6. The zero-order chi connectivity index (χ0) is 28.8. The zero-order valence-electron chi connectivity index (χ0n) is 23.4. The lowest BCUT2D eigenvalue weighted by atomic mass is 9.42. The predicted octanol–water partition coefficient (Wildman–Crippen LogP) is 2.43. The molecule has 0 bridgehead atoms. The summed E-state index contributed by atoms with van der Waals surface area (Å²) in [5.41, 5.74) is -1.98. The van der Waals surface area contributed by atoms with E-state index in [9.17, 15) is 24.0 Å². The molecule has 0 N–H and O–H groups in total. The van der Waals surface area contributed by atoms with Gasteiger partial charge in [-0.1, -0.05) is 13.8 Å². The first-order valence-corrected chi connectivity index (χ1v) is 13.4.